The number of aliphatic carboxylic acids is 1. The molecule has 1 aromatic rings. The van der Waals surface area contributed by atoms with E-state index in [1.165, 1.54) is 24.4 Å². The van der Waals surface area contributed by atoms with E-state index in [1.54, 1.807) is 0 Å². The van der Waals surface area contributed by atoms with Crippen molar-refractivity contribution in [3.63, 3.8) is 0 Å². The number of carboxylic acids is 1. The standard InChI is InChI=1S/C15H22N4O4.C2HF3O2/c1-16-13(20)12-4-11(23-18-12)8-19(14(21)22)7-10-5-15(6-10)2-3-17-9-15;3-2(4,5)1(6)7/h4,10,17H,2-3,5-9H2,1H3,(H,16,20)(H,21,22);(H,6,7). The quantitative estimate of drug-likeness (QED) is 0.544. The molecule has 0 atom stereocenters. The second kappa shape index (κ2) is 9.32. The van der Waals surface area contributed by atoms with E-state index in [-0.39, 0.29) is 18.1 Å². The average molecular weight is 436 g/mol. The van der Waals surface area contributed by atoms with Gasteiger partial charge in [-0.15, -0.1) is 0 Å². The van der Waals surface area contributed by atoms with Gasteiger partial charge in [0.05, 0.1) is 6.54 Å². The molecule has 1 saturated heterocycles. The summed E-state index contributed by atoms with van der Waals surface area (Å²) in [6.07, 6.45) is -2.73. The Hall–Kier alpha value is -2.83. The topological polar surface area (TPSA) is 145 Å². The Balaban J connectivity index is 0.000000396. The highest BCUT2D eigenvalue weighted by atomic mass is 19.4. The van der Waals surface area contributed by atoms with E-state index >= 15 is 0 Å². The number of carboxylic acid groups (broad SMARTS) is 2. The fourth-order valence-corrected chi connectivity index (χ4v) is 3.77. The van der Waals surface area contributed by atoms with Crippen molar-refractivity contribution in [1.82, 2.24) is 20.7 Å². The van der Waals surface area contributed by atoms with Crippen molar-refractivity contribution in [2.24, 2.45) is 11.3 Å². The fourth-order valence-electron chi connectivity index (χ4n) is 3.77. The van der Waals surface area contributed by atoms with Crippen LogP contribution in [-0.2, 0) is 11.3 Å². The highest BCUT2D eigenvalue weighted by Gasteiger charge is 2.46. The first-order valence-corrected chi connectivity index (χ1v) is 9.12. The van der Waals surface area contributed by atoms with Crippen LogP contribution in [0, 0.1) is 11.3 Å². The molecule has 2 heterocycles. The van der Waals surface area contributed by atoms with Crippen LogP contribution in [0.4, 0.5) is 18.0 Å². The van der Waals surface area contributed by atoms with Gasteiger partial charge in [-0.25, -0.2) is 9.59 Å². The second-order valence-electron chi connectivity index (χ2n) is 7.42. The van der Waals surface area contributed by atoms with Gasteiger partial charge in [0, 0.05) is 26.2 Å². The Morgan fingerprint density at radius 2 is 2.00 bits per heavy atom. The highest BCUT2D eigenvalue weighted by Crippen LogP contribution is 2.49. The zero-order valence-electron chi connectivity index (χ0n) is 16.2. The van der Waals surface area contributed by atoms with E-state index in [0.29, 0.717) is 23.6 Å². The Bertz CT molecular complexity index is 768. The number of nitrogens with one attached hydrogen (secondary N) is 2. The summed E-state index contributed by atoms with van der Waals surface area (Å²) >= 11 is 0. The maximum atomic E-state index is 11.5. The number of nitrogens with zero attached hydrogens (tertiary/aromatic N) is 2. The van der Waals surface area contributed by atoms with E-state index in [0.717, 1.165) is 25.9 Å². The van der Waals surface area contributed by atoms with Crippen LogP contribution in [0.15, 0.2) is 10.6 Å². The SMILES string of the molecule is CNC(=O)c1cc(CN(CC2CC3(CCNC3)C2)C(=O)O)on1.O=C(O)C(F)(F)F. The fraction of sp³-hybridized carbons (Fsp3) is 0.647. The molecule has 0 radical (unpaired) electrons. The van der Waals surface area contributed by atoms with Crippen molar-refractivity contribution < 1.29 is 42.3 Å². The monoisotopic (exact) mass is 436 g/mol. The molecule has 3 rings (SSSR count). The minimum atomic E-state index is -5.08. The summed E-state index contributed by atoms with van der Waals surface area (Å²) in [4.78, 5) is 33.2. The van der Waals surface area contributed by atoms with Gasteiger partial charge in [0.2, 0.25) is 0 Å². The third-order valence-electron chi connectivity index (χ3n) is 5.13. The molecule has 2 fully saturated rings. The molecule has 1 aliphatic carbocycles. The number of amides is 2. The van der Waals surface area contributed by atoms with E-state index in [1.807, 2.05) is 0 Å². The van der Waals surface area contributed by atoms with E-state index < -0.39 is 18.2 Å². The molecule has 0 unspecified atom stereocenters. The van der Waals surface area contributed by atoms with Crippen LogP contribution >= 0.6 is 0 Å². The maximum Gasteiger partial charge on any atom is 0.490 e. The van der Waals surface area contributed by atoms with E-state index in [9.17, 15) is 27.9 Å². The van der Waals surface area contributed by atoms with Crippen LogP contribution in [0.1, 0.15) is 35.5 Å². The Labute approximate surface area is 169 Å². The van der Waals surface area contributed by atoms with Crippen molar-refractivity contribution >= 4 is 18.0 Å². The van der Waals surface area contributed by atoms with Gasteiger partial charge >= 0.3 is 18.2 Å². The highest BCUT2D eigenvalue weighted by molar-refractivity contribution is 5.91. The number of alkyl halides is 3. The van der Waals surface area contributed by atoms with Crippen molar-refractivity contribution in [3.8, 4) is 0 Å². The smallest absolute Gasteiger partial charge is 0.475 e. The van der Waals surface area contributed by atoms with E-state index in [4.69, 9.17) is 14.4 Å². The number of hydrogen-bond donors (Lipinski definition) is 4. The van der Waals surface area contributed by atoms with Gasteiger partial charge in [-0.05, 0) is 37.1 Å². The van der Waals surface area contributed by atoms with Gasteiger partial charge in [-0.1, -0.05) is 5.16 Å². The predicted molar refractivity (Wildman–Crippen MR) is 94.7 cm³/mol. The van der Waals surface area contributed by atoms with Gasteiger partial charge < -0.3 is 30.3 Å². The zero-order chi connectivity index (χ0) is 22.5. The summed E-state index contributed by atoms with van der Waals surface area (Å²) in [5.74, 6) is -2.33. The first-order chi connectivity index (χ1) is 14.0. The largest absolute Gasteiger partial charge is 0.490 e. The Morgan fingerprint density at radius 1 is 1.37 bits per heavy atom. The molecule has 1 spiro atoms. The van der Waals surface area contributed by atoms with Gasteiger partial charge in [0.25, 0.3) is 5.91 Å². The maximum absolute atomic E-state index is 11.5. The van der Waals surface area contributed by atoms with Crippen molar-refractivity contribution in [3.05, 3.63) is 17.5 Å². The molecule has 2 aliphatic rings. The van der Waals surface area contributed by atoms with Gasteiger partial charge in [-0.2, -0.15) is 13.2 Å². The van der Waals surface area contributed by atoms with E-state index in [2.05, 4.69) is 15.8 Å². The average Bonchev–Trinajstić information content (AvgIpc) is 3.29. The first-order valence-electron chi connectivity index (χ1n) is 9.12. The number of aromatic nitrogens is 1. The molecular weight excluding hydrogens is 413 g/mol. The van der Waals surface area contributed by atoms with Gasteiger partial charge in [-0.3, -0.25) is 4.79 Å². The molecular formula is C17H23F3N4O6. The van der Waals surface area contributed by atoms with Crippen molar-refractivity contribution in [2.45, 2.75) is 32.0 Å². The zero-order valence-corrected chi connectivity index (χ0v) is 16.2. The van der Waals surface area contributed by atoms with Gasteiger partial charge in [0.15, 0.2) is 11.5 Å². The number of carbonyl (C=O) groups excluding carboxylic acids is 1. The van der Waals surface area contributed by atoms with Crippen molar-refractivity contribution in [2.75, 3.05) is 26.7 Å². The van der Waals surface area contributed by atoms with Crippen LogP contribution in [0.25, 0.3) is 0 Å². The lowest BCUT2D eigenvalue weighted by molar-refractivity contribution is -0.192. The van der Waals surface area contributed by atoms with Gasteiger partial charge in [0.1, 0.15) is 0 Å². The van der Waals surface area contributed by atoms with Crippen LogP contribution in [-0.4, -0.2) is 71.1 Å². The second-order valence-corrected chi connectivity index (χ2v) is 7.42. The molecule has 0 bridgehead atoms. The molecule has 1 aromatic heterocycles. The third-order valence-corrected chi connectivity index (χ3v) is 5.13. The summed E-state index contributed by atoms with van der Waals surface area (Å²) in [7, 11) is 1.50. The molecule has 4 N–H and O–H groups in total. The van der Waals surface area contributed by atoms with Crippen LogP contribution in [0.5, 0.6) is 0 Å². The minimum absolute atomic E-state index is 0.112. The summed E-state index contributed by atoms with van der Waals surface area (Å²) in [6.45, 7) is 2.72. The number of hydrogen-bond acceptors (Lipinski definition) is 6. The lowest BCUT2D eigenvalue weighted by Gasteiger charge is -2.46. The number of halogens is 3. The summed E-state index contributed by atoms with van der Waals surface area (Å²) in [5.41, 5.74) is 0.556. The molecule has 10 nitrogen and oxygen atoms in total. The van der Waals surface area contributed by atoms with Crippen LogP contribution in [0.2, 0.25) is 0 Å². The third kappa shape index (κ3) is 6.08. The summed E-state index contributed by atoms with van der Waals surface area (Å²) in [6, 6.07) is 1.48. The molecule has 1 saturated carbocycles. The molecule has 0 aromatic carbocycles. The number of rotatable bonds is 5. The lowest BCUT2D eigenvalue weighted by Crippen LogP contribution is -2.45. The summed E-state index contributed by atoms with van der Waals surface area (Å²) in [5, 5.41) is 26.0. The Kier molecular flexibility index (Phi) is 7.29. The number of carbonyl (C=O) groups is 3. The normalized spacial score (nSPS) is 22.6. The lowest BCUT2D eigenvalue weighted by atomic mass is 9.61. The molecule has 168 valence electrons. The predicted octanol–water partition coefficient (Wildman–Crippen LogP) is 1.54. The van der Waals surface area contributed by atoms with Crippen LogP contribution < -0.4 is 10.6 Å². The summed E-state index contributed by atoms with van der Waals surface area (Å²) < 4.78 is 36.8. The molecule has 1 aliphatic heterocycles. The van der Waals surface area contributed by atoms with Crippen LogP contribution in [0.3, 0.4) is 0 Å². The first kappa shape index (κ1) is 23.4. The molecule has 2 amide bonds. The molecule has 13 heteroatoms. The van der Waals surface area contributed by atoms with Crippen molar-refractivity contribution in [1.29, 1.82) is 0 Å². The minimum Gasteiger partial charge on any atom is -0.475 e. The molecule has 30 heavy (non-hydrogen) atoms. The Morgan fingerprint density at radius 3 is 2.47 bits per heavy atom.